The smallest absolute Gasteiger partial charge is 0.123 e. The maximum absolute atomic E-state index is 6.04. The van der Waals surface area contributed by atoms with E-state index < -0.39 is 0 Å². The van der Waals surface area contributed by atoms with E-state index in [-0.39, 0.29) is 0 Å². The van der Waals surface area contributed by atoms with E-state index in [1.807, 2.05) is 6.07 Å². The number of fused-ring (bicyclic) bond motifs is 1. The largest absolute Gasteiger partial charge is 0.493 e. The lowest BCUT2D eigenvalue weighted by molar-refractivity contribution is 0.249. The van der Waals surface area contributed by atoms with E-state index in [4.69, 9.17) is 4.74 Å². The predicted molar refractivity (Wildman–Crippen MR) is 89.4 cm³/mol. The summed E-state index contributed by atoms with van der Waals surface area (Å²) in [5.41, 5.74) is 3.98. The molecule has 3 aromatic rings. The normalized spacial score (nSPS) is 20.0. The van der Waals surface area contributed by atoms with Crippen molar-refractivity contribution < 1.29 is 4.74 Å². The van der Waals surface area contributed by atoms with E-state index in [0.29, 0.717) is 11.8 Å². The summed E-state index contributed by atoms with van der Waals surface area (Å²) in [5.74, 6) is 1.70. The first-order valence-electron chi connectivity index (χ1n) is 7.75. The lowest BCUT2D eigenvalue weighted by atomic mass is 9.76. The summed E-state index contributed by atoms with van der Waals surface area (Å²) in [5, 5.41) is 0. The van der Waals surface area contributed by atoms with Crippen molar-refractivity contribution >= 4 is 0 Å². The molecular weight excluding hydrogens is 268 g/mol. The molecule has 1 aliphatic heterocycles. The minimum Gasteiger partial charge on any atom is -0.493 e. The van der Waals surface area contributed by atoms with E-state index in [2.05, 4.69) is 78.9 Å². The zero-order valence-corrected chi connectivity index (χ0v) is 12.4. The summed E-state index contributed by atoms with van der Waals surface area (Å²) >= 11 is 0. The fourth-order valence-electron chi connectivity index (χ4n) is 3.42. The van der Waals surface area contributed by atoms with E-state index in [1.165, 1.54) is 16.7 Å². The molecular formula is C21H18O. The molecule has 2 unspecified atom stereocenters. The van der Waals surface area contributed by atoms with Crippen molar-refractivity contribution in [1.82, 2.24) is 0 Å². The molecule has 0 saturated heterocycles. The maximum Gasteiger partial charge on any atom is 0.123 e. The molecule has 0 aromatic heterocycles. The number of hydrogen-bond acceptors (Lipinski definition) is 1. The maximum atomic E-state index is 6.04. The Hall–Kier alpha value is -2.54. The van der Waals surface area contributed by atoms with Crippen LogP contribution in [0.1, 0.15) is 28.5 Å². The molecule has 0 fully saturated rings. The molecule has 0 aliphatic carbocycles. The SMILES string of the molecule is c1ccc(C2COc3ccccc3C2c2ccccc2)cc1. The summed E-state index contributed by atoms with van der Waals surface area (Å²) < 4.78 is 6.04. The van der Waals surface area contributed by atoms with Gasteiger partial charge in [0.15, 0.2) is 0 Å². The van der Waals surface area contributed by atoms with Crippen LogP contribution in [0, 0.1) is 0 Å². The van der Waals surface area contributed by atoms with Gasteiger partial charge >= 0.3 is 0 Å². The molecule has 0 N–H and O–H groups in total. The van der Waals surface area contributed by atoms with Gasteiger partial charge in [-0.1, -0.05) is 78.9 Å². The fraction of sp³-hybridized carbons (Fsp3) is 0.143. The summed E-state index contributed by atoms with van der Waals surface area (Å²) in [6, 6.07) is 29.9. The van der Waals surface area contributed by atoms with Crippen LogP contribution in [0.2, 0.25) is 0 Å². The van der Waals surface area contributed by atoms with Gasteiger partial charge in [0.25, 0.3) is 0 Å². The summed E-state index contributed by atoms with van der Waals surface area (Å²) in [7, 11) is 0. The van der Waals surface area contributed by atoms with Crippen LogP contribution >= 0.6 is 0 Å². The number of benzene rings is 3. The van der Waals surface area contributed by atoms with Gasteiger partial charge in [0, 0.05) is 17.4 Å². The van der Waals surface area contributed by atoms with Crippen LogP contribution < -0.4 is 4.74 Å². The second-order valence-electron chi connectivity index (χ2n) is 5.75. The van der Waals surface area contributed by atoms with Crippen molar-refractivity contribution in [2.45, 2.75) is 11.8 Å². The number of rotatable bonds is 2. The van der Waals surface area contributed by atoms with Gasteiger partial charge in [0.05, 0.1) is 6.61 Å². The van der Waals surface area contributed by atoms with Crippen molar-refractivity contribution in [3.8, 4) is 5.75 Å². The Morgan fingerprint density at radius 2 is 1.23 bits per heavy atom. The van der Waals surface area contributed by atoms with Gasteiger partial charge in [-0.05, 0) is 17.2 Å². The number of ether oxygens (including phenoxy) is 1. The summed E-state index contributed by atoms with van der Waals surface area (Å²) in [6.07, 6.45) is 0. The lowest BCUT2D eigenvalue weighted by Gasteiger charge is -2.34. The monoisotopic (exact) mass is 286 g/mol. The Kier molecular flexibility index (Phi) is 3.40. The zero-order chi connectivity index (χ0) is 14.8. The molecule has 0 spiro atoms. The van der Waals surface area contributed by atoms with E-state index in [0.717, 1.165) is 12.4 Å². The molecule has 1 nitrogen and oxygen atoms in total. The molecule has 0 amide bonds. The Morgan fingerprint density at radius 3 is 1.95 bits per heavy atom. The minimum atomic E-state index is 0.341. The fourth-order valence-corrected chi connectivity index (χ4v) is 3.42. The predicted octanol–water partition coefficient (Wildman–Crippen LogP) is 4.99. The molecule has 1 aliphatic rings. The third kappa shape index (κ3) is 2.29. The quantitative estimate of drug-likeness (QED) is 0.644. The van der Waals surface area contributed by atoms with Gasteiger partial charge in [-0.25, -0.2) is 0 Å². The second-order valence-corrected chi connectivity index (χ2v) is 5.75. The van der Waals surface area contributed by atoms with Crippen LogP contribution in [0.3, 0.4) is 0 Å². The van der Waals surface area contributed by atoms with Crippen molar-refractivity contribution in [3.05, 3.63) is 102 Å². The Balaban J connectivity index is 1.86. The average molecular weight is 286 g/mol. The number of hydrogen-bond donors (Lipinski definition) is 0. The molecule has 1 heteroatoms. The van der Waals surface area contributed by atoms with Crippen molar-refractivity contribution in [2.24, 2.45) is 0 Å². The van der Waals surface area contributed by atoms with Crippen molar-refractivity contribution in [1.29, 1.82) is 0 Å². The standard InChI is InChI=1S/C21H18O/c1-3-9-16(10-4-1)19-15-22-20-14-8-7-13-18(20)21(19)17-11-5-2-6-12-17/h1-14,19,21H,15H2. The molecule has 3 aromatic carbocycles. The van der Waals surface area contributed by atoms with Gasteiger partial charge in [-0.2, -0.15) is 0 Å². The first-order chi connectivity index (χ1) is 10.9. The highest BCUT2D eigenvalue weighted by Crippen LogP contribution is 2.45. The molecule has 108 valence electrons. The van der Waals surface area contributed by atoms with Crippen LogP contribution in [-0.2, 0) is 0 Å². The van der Waals surface area contributed by atoms with Crippen LogP contribution in [-0.4, -0.2) is 6.61 Å². The Morgan fingerprint density at radius 1 is 0.636 bits per heavy atom. The topological polar surface area (TPSA) is 9.23 Å². The van der Waals surface area contributed by atoms with Gasteiger partial charge in [0.1, 0.15) is 5.75 Å². The van der Waals surface area contributed by atoms with Crippen molar-refractivity contribution in [3.63, 3.8) is 0 Å². The molecule has 2 atom stereocenters. The average Bonchev–Trinajstić information content (AvgIpc) is 2.62. The summed E-state index contributed by atoms with van der Waals surface area (Å²) in [4.78, 5) is 0. The third-order valence-corrected chi connectivity index (χ3v) is 4.46. The second kappa shape index (κ2) is 5.69. The minimum absolute atomic E-state index is 0.341. The first kappa shape index (κ1) is 13.1. The van der Waals surface area contributed by atoms with Gasteiger partial charge in [0.2, 0.25) is 0 Å². The highest BCUT2D eigenvalue weighted by molar-refractivity contribution is 5.47. The van der Waals surface area contributed by atoms with Crippen LogP contribution in [0.15, 0.2) is 84.9 Å². The van der Waals surface area contributed by atoms with Gasteiger partial charge in [-0.3, -0.25) is 0 Å². The Labute approximate surface area is 131 Å². The lowest BCUT2D eigenvalue weighted by Crippen LogP contribution is -2.25. The van der Waals surface area contributed by atoms with Crippen molar-refractivity contribution in [2.75, 3.05) is 6.61 Å². The molecule has 0 saturated carbocycles. The molecule has 22 heavy (non-hydrogen) atoms. The number of para-hydroxylation sites is 1. The van der Waals surface area contributed by atoms with Gasteiger partial charge in [-0.15, -0.1) is 0 Å². The van der Waals surface area contributed by atoms with Crippen LogP contribution in [0.5, 0.6) is 5.75 Å². The zero-order valence-electron chi connectivity index (χ0n) is 12.4. The van der Waals surface area contributed by atoms with E-state index in [9.17, 15) is 0 Å². The third-order valence-electron chi connectivity index (χ3n) is 4.46. The Bertz CT molecular complexity index is 749. The van der Waals surface area contributed by atoms with E-state index in [1.54, 1.807) is 0 Å². The highest BCUT2D eigenvalue weighted by atomic mass is 16.5. The summed E-state index contributed by atoms with van der Waals surface area (Å²) in [6.45, 7) is 0.723. The van der Waals surface area contributed by atoms with Crippen LogP contribution in [0.4, 0.5) is 0 Å². The van der Waals surface area contributed by atoms with Crippen LogP contribution in [0.25, 0.3) is 0 Å². The molecule has 0 bridgehead atoms. The molecule has 0 radical (unpaired) electrons. The highest BCUT2D eigenvalue weighted by Gasteiger charge is 2.32. The van der Waals surface area contributed by atoms with Gasteiger partial charge < -0.3 is 4.74 Å². The first-order valence-corrected chi connectivity index (χ1v) is 7.75. The van der Waals surface area contributed by atoms with E-state index >= 15 is 0 Å². The molecule has 4 rings (SSSR count). The molecule has 1 heterocycles.